The predicted octanol–water partition coefficient (Wildman–Crippen LogP) is 4.40. The summed E-state index contributed by atoms with van der Waals surface area (Å²) in [5.41, 5.74) is 2.51. The Morgan fingerprint density at radius 1 is 1.11 bits per heavy atom. The quantitative estimate of drug-likeness (QED) is 0.649. The molecule has 3 aromatic rings. The van der Waals surface area contributed by atoms with Gasteiger partial charge in [-0.15, -0.1) is 0 Å². The number of carbonyl (C=O) groups is 1. The van der Waals surface area contributed by atoms with Crippen molar-refractivity contribution >= 4 is 32.6 Å². The summed E-state index contributed by atoms with van der Waals surface area (Å²) in [5, 5.41) is 0.363. The topological polar surface area (TPSA) is 36.4 Å². The maximum atomic E-state index is 14.1. The standard InChI is InChI=1S/C20H21F2N3OS/c1-12-5-6-13(2)15(9-12)19(26)25(8-7-24(3)4)20-23-18-16(22)10-14(21)11-17(18)27-20/h5-6,9-11H,7-8H2,1-4H3. The highest BCUT2D eigenvalue weighted by Gasteiger charge is 2.24. The van der Waals surface area contributed by atoms with Crippen LogP contribution in [0, 0.1) is 25.5 Å². The first-order chi connectivity index (χ1) is 12.8. The number of hydrogen-bond donors (Lipinski definition) is 0. The minimum absolute atomic E-state index is 0.0833. The van der Waals surface area contributed by atoms with Gasteiger partial charge in [0, 0.05) is 24.7 Å². The van der Waals surface area contributed by atoms with Crippen molar-refractivity contribution < 1.29 is 13.6 Å². The molecule has 7 heteroatoms. The summed E-state index contributed by atoms with van der Waals surface area (Å²) >= 11 is 1.11. The molecule has 1 amide bonds. The molecule has 0 saturated carbocycles. The molecule has 0 atom stereocenters. The number of benzene rings is 2. The first-order valence-corrected chi connectivity index (χ1v) is 9.37. The zero-order valence-electron chi connectivity index (χ0n) is 15.7. The molecule has 2 aromatic carbocycles. The Morgan fingerprint density at radius 2 is 1.85 bits per heavy atom. The average Bonchev–Trinajstić information content (AvgIpc) is 3.00. The van der Waals surface area contributed by atoms with Crippen LogP contribution in [0.2, 0.25) is 0 Å². The molecule has 0 aliphatic rings. The van der Waals surface area contributed by atoms with Crippen LogP contribution in [0.15, 0.2) is 30.3 Å². The monoisotopic (exact) mass is 389 g/mol. The van der Waals surface area contributed by atoms with E-state index in [2.05, 4.69) is 4.98 Å². The van der Waals surface area contributed by atoms with E-state index in [9.17, 15) is 13.6 Å². The lowest BCUT2D eigenvalue weighted by Crippen LogP contribution is -2.37. The minimum Gasteiger partial charge on any atom is -0.308 e. The lowest BCUT2D eigenvalue weighted by molar-refractivity contribution is 0.0984. The number of rotatable bonds is 5. The van der Waals surface area contributed by atoms with Gasteiger partial charge in [-0.3, -0.25) is 9.69 Å². The molecule has 0 aliphatic carbocycles. The first kappa shape index (κ1) is 19.4. The fraction of sp³-hybridized carbons (Fsp3) is 0.300. The second-order valence-corrected chi connectivity index (χ2v) is 7.82. The molecule has 0 saturated heterocycles. The summed E-state index contributed by atoms with van der Waals surface area (Å²) in [5.74, 6) is -1.58. The van der Waals surface area contributed by atoms with Gasteiger partial charge in [0.1, 0.15) is 11.3 Å². The van der Waals surface area contributed by atoms with E-state index in [0.717, 1.165) is 28.5 Å². The number of anilines is 1. The van der Waals surface area contributed by atoms with Gasteiger partial charge in [-0.1, -0.05) is 29.0 Å². The van der Waals surface area contributed by atoms with Gasteiger partial charge in [0.05, 0.1) is 4.70 Å². The van der Waals surface area contributed by atoms with Gasteiger partial charge in [-0.25, -0.2) is 13.8 Å². The first-order valence-electron chi connectivity index (χ1n) is 8.55. The van der Waals surface area contributed by atoms with Crippen molar-refractivity contribution in [2.75, 3.05) is 32.1 Å². The van der Waals surface area contributed by atoms with Crippen molar-refractivity contribution in [1.82, 2.24) is 9.88 Å². The Bertz CT molecular complexity index is 1000. The molecule has 4 nitrogen and oxygen atoms in total. The number of hydrogen-bond acceptors (Lipinski definition) is 4. The van der Waals surface area contributed by atoms with E-state index in [1.54, 1.807) is 4.90 Å². The van der Waals surface area contributed by atoms with Crippen molar-refractivity contribution in [3.63, 3.8) is 0 Å². The van der Waals surface area contributed by atoms with Gasteiger partial charge < -0.3 is 4.90 Å². The van der Waals surface area contributed by atoms with Crippen LogP contribution in [0.5, 0.6) is 0 Å². The number of thiazole rings is 1. The van der Waals surface area contributed by atoms with Crippen LogP contribution >= 0.6 is 11.3 Å². The van der Waals surface area contributed by atoms with Gasteiger partial charge in [-0.05, 0) is 45.6 Å². The summed E-state index contributed by atoms with van der Waals surface area (Å²) in [6.45, 7) is 4.81. The van der Waals surface area contributed by atoms with Crippen LogP contribution in [-0.2, 0) is 0 Å². The molecule has 0 unspecified atom stereocenters. The lowest BCUT2D eigenvalue weighted by Gasteiger charge is -2.23. The van der Waals surface area contributed by atoms with Crippen LogP contribution in [0.25, 0.3) is 10.2 Å². The molecule has 0 spiro atoms. The molecule has 3 rings (SSSR count). The summed E-state index contributed by atoms with van der Waals surface area (Å²) in [6, 6.07) is 7.74. The summed E-state index contributed by atoms with van der Waals surface area (Å²) < 4.78 is 28.0. The van der Waals surface area contributed by atoms with Crippen molar-refractivity contribution in [1.29, 1.82) is 0 Å². The second-order valence-electron chi connectivity index (χ2n) is 6.81. The van der Waals surface area contributed by atoms with Crippen LogP contribution in [0.4, 0.5) is 13.9 Å². The highest BCUT2D eigenvalue weighted by Crippen LogP contribution is 2.32. The molecule has 0 fully saturated rings. The molecule has 1 heterocycles. The number of amides is 1. The van der Waals surface area contributed by atoms with Gasteiger partial charge >= 0.3 is 0 Å². The zero-order chi connectivity index (χ0) is 19.7. The van der Waals surface area contributed by atoms with E-state index < -0.39 is 11.6 Å². The molecular weight excluding hydrogens is 368 g/mol. The third-order valence-electron chi connectivity index (χ3n) is 4.27. The highest BCUT2D eigenvalue weighted by molar-refractivity contribution is 7.22. The Kier molecular flexibility index (Phi) is 5.53. The number of aromatic nitrogens is 1. The van der Waals surface area contributed by atoms with E-state index in [4.69, 9.17) is 0 Å². The van der Waals surface area contributed by atoms with Crippen molar-refractivity contribution in [2.45, 2.75) is 13.8 Å². The third-order valence-corrected chi connectivity index (χ3v) is 5.30. The van der Waals surface area contributed by atoms with E-state index in [-0.39, 0.29) is 11.4 Å². The lowest BCUT2D eigenvalue weighted by atomic mass is 10.0. The maximum absolute atomic E-state index is 14.1. The van der Waals surface area contributed by atoms with Crippen LogP contribution in [0.1, 0.15) is 21.5 Å². The fourth-order valence-electron chi connectivity index (χ4n) is 2.76. The van der Waals surface area contributed by atoms with E-state index in [1.807, 2.05) is 51.0 Å². The molecule has 27 heavy (non-hydrogen) atoms. The number of fused-ring (bicyclic) bond motifs is 1. The summed E-state index contributed by atoms with van der Waals surface area (Å²) in [4.78, 5) is 21.1. The third kappa shape index (κ3) is 4.14. The molecule has 0 N–H and O–H groups in total. The number of aryl methyl sites for hydroxylation is 2. The normalized spacial score (nSPS) is 11.4. The Hall–Kier alpha value is -2.38. The largest absolute Gasteiger partial charge is 0.308 e. The van der Waals surface area contributed by atoms with Crippen molar-refractivity contribution in [2.24, 2.45) is 0 Å². The molecule has 0 aliphatic heterocycles. The van der Waals surface area contributed by atoms with Crippen LogP contribution in [-0.4, -0.2) is 43.0 Å². The molecular formula is C20H21F2N3OS. The van der Waals surface area contributed by atoms with E-state index in [0.29, 0.717) is 28.5 Å². The molecule has 1 aromatic heterocycles. The number of halogens is 2. The zero-order valence-corrected chi connectivity index (χ0v) is 16.5. The Balaban J connectivity index is 2.07. The average molecular weight is 389 g/mol. The molecule has 142 valence electrons. The minimum atomic E-state index is -0.723. The summed E-state index contributed by atoms with van der Waals surface area (Å²) in [6.07, 6.45) is 0. The van der Waals surface area contributed by atoms with E-state index >= 15 is 0 Å². The van der Waals surface area contributed by atoms with Crippen LogP contribution in [0.3, 0.4) is 0 Å². The van der Waals surface area contributed by atoms with Crippen molar-refractivity contribution in [3.8, 4) is 0 Å². The SMILES string of the molecule is Cc1ccc(C)c(C(=O)N(CCN(C)C)c2nc3c(F)cc(F)cc3s2)c1. The predicted molar refractivity (Wildman–Crippen MR) is 106 cm³/mol. The number of likely N-dealkylation sites (N-methyl/N-ethyl adjacent to an activating group) is 1. The van der Waals surface area contributed by atoms with Crippen molar-refractivity contribution in [3.05, 3.63) is 58.7 Å². The molecule has 0 radical (unpaired) electrons. The van der Waals surface area contributed by atoms with Gasteiger partial charge in [0.15, 0.2) is 10.9 Å². The van der Waals surface area contributed by atoms with Gasteiger partial charge in [-0.2, -0.15) is 0 Å². The van der Waals surface area contributed by atoms with Gasteiger partial charge in [0.25, 0.3) is 5.91 Å². The van der Waals surface area contributed by atoms with E-state index in [1.165, 1.54) is 6.07 Å². The second kappa shape index (κ2) is 7.70. The Labute approximate surface area is 161 Å². The fourth-order valence-corrected chi connectivity index (χ4v) is 3.79. The van der Waals surface area contributed by atoms with Crippen LogP contribution < -0.4 is 4.90 Å². The highest BCUT2D eigenvalue weighted by atomic mass is 32.1. The molecule has 0 bridgehead atoms. The smallest absolute Gasteiger partial charge is 0.260 e. The summed E-state index contributed by atoms with van der Waals surface area (Å²) in [7, 11) is 3.82. The Morgan fingerprint density at radius 3 is 2.56 bits per heavy atom. The maximum Gasteiger partial charge on any atom is 0.260 e. The number of nitrogens with zero attached hydrogens (tertiary/aromatic N) is 3. The number of carbonyl (C=O) groups excluding carboxylic acids is 1. The van der Waals surface area contributed by atoms with Gasteiger partial charge in [0.2, 0.25) is 0 Å².